The zero-order valence-electron chi connectivity index (χ0n) is 19.3. The van der Waals surface area contributed by atoms with Crippen LogP contribution in [0.1, 0.15) is 53.9 Å². The Hall–Kier alpha value is -2.86. The number of nitriles is 1. The molecule has 0 spiro atoms. The van der Waals surface area contributed by atoms with Crippen LogP contribution in [-0.2, 0) is 11.3 Å². The van der Waals surface area contributed by atoms with Gasteiger partial charge in [-0.3, -0.25) is 18.6 Å². The molecule has 32 heavy (non-hydrogen) atoms. The van der Waals surface area contributed by atoms with Crippen LogP contribution in [0.4, 0.5) is 0 Å². The minimum Gasteiger partial charge on any atom is -0.337 e. The number of aryl methyl sites for hydroxylation is 1. The van der Waals surface area contributed by atoms with Gasteiger partial charge in [0.15, 0.2) is 5.16 Å². The quantitative estimate of drug-likeness (QED) is 0.390. The topological polar surface area (TPSA) is 105 Å². The molecule has 1 N–H and O–H groups in total. The molecule has 170 valence electrons. The molecule has 0 bridgehead atoms. The van der Waals surface area contributed by atoms with E-state index >= 15 is 0 Å². The maximum absolute atomic E-state index is 13.1. The molecule has 1 amide bonds. The molecule has 3 aromatic rings. The van der Waals surface area contributed by atoms with Gasteiger partial charge >= 0.3 is 0 Å². The number of amides is 1. The number of nitrogens with one attached hydrogen (secondary N) is 1. The Morgan fingerprint density at radius 2 is 1.97 bits per heavy atom. The highest BCUT2D eigenvalue weighted by atomic mass is 32.2. The van der Waals surface area contributed by atoms with E-state index in [0.29, 0.717) is 28.4 Å². The molecular weight excluding hydrogens is 424 g/mol. The summed E-state index contributed by atoms with van der Waals surface area (Å²) in [6.07, 6.45) is 2.95. The fraction of sp³-hybridized carbons (Fsp3) is 0.522. The molecule has 3 rings (SSSR count). The van der Waals surface area contributed by atoms with Crippen molar-refractivity contribution >= 4 is 34.3 Å². The van der Waals surface area contributed by atoms with Crippen LogP contribution >= 0.6 is 11.8 Å². The number of benzene rings is 1. The Morgan fingerprint density at radius 1 is 1.25 bits per heavy atom. The molecule has 2 unspecified atom stereocenters. The number of unbranched alkanes of at least 4 members (excludes halogenated alkanes) is 2. The first-order chi connectivity index (χ1) is 15.2. The van der Waals surface area contributed by atoms with E-state index in [1.165, 1.54) is 11.8 Å². The molecule has 0 fully saturated rings. The van der Waals surface area contributed by atoms with Gasteiger partial charge in [0.25, 0.3) is 5.56 Å². The Kier molecular flexibility index (Phi) is 7.24. The number of carbonyl (C=O) groups is 1. The lowest BCUT2D eigenvalue weighted by atomic mass is 9.90. The third kappa shape index (κ3) is 4.51. The molecule has 2 aromatic heterocycles. The van der Waals surface area contributed by atoms with Gasteiger partial charge in [0, 0.05) is 6.54 Å². The summed E-state index contributed by atoms with van der Waals surface area (Å²) in [5.41, 5.74) is -0.324. The highest BCUT2D eigenvalue weighted by Gasteiger charge is 2.32. The second-order valence-electron chi connectivity index (χ2n) is 8.52. The lowest BCUT2D eigenvalue weighted by Crippen LogP contribution is -2.51. The molecule has 8 nitrogen and oxygen atoms in total. The zero-order chi connectivity index (χ0) is 23.5. The van der Waals surface area contributed by atoms with E-state index in [4.69, 9.17) is 0 Å². The predicted molar refractivity (Wildman–Crippen MR) is 127 cm³/mol. The van der Waals surface area contributed by atoms with Gasteiger partial charge in [-0.25, -0.2) is 0 Å². The number of hydrogen-bond donors (Lipinski definition) is 1. The summed E-state index contributed by atoms with van der Waals surface area (Å²) < 4.78 is 3.52. The summed E-state index contributed by atoms with van der Waals surface area (Å²) >= 11 is 1.26. The van der Waals surface area contributed by atoms with Crippen molar-refractivity contribution in [3.8, 4) is 6.07 Å². The van der Waals surface area contributed by atoms with Gasteiger partial charge in [-0.2, -0.15) is 5.26 Å². The lowest BCUT2D eigenvalue weighted by Gasteiger charge is -2.28. The summed E-state index contributed by atoms with van der Waals surface area (Å²) in [4.78, 5) is 26.0. The molecule has 0 aliphatic rings. The van der Waals surface area contributed by atoms with E-state index in [2.05, 4.69) is 28.5 Å². The summed E-state index contributed by atoms with van der Waals surface area (Å²) in [6, 6.07) is 9.58. The lowest BCUT2D eigenvalue weighted by molar-refractivity contribution is -0.121. The van der Waals surface area contributed by atoms with Crippen molar-refractivity contribution in [2.45, 2.75) is 76.4 Å². The van der Waals surface area contributed by atoms with Crippen LogP contribution in [0.5, 0.6) is 0 Å². The molecular formula is C23H30N6O2S. The van der Waals surface area contributed by atoms with Gasteiger partial charge < -0.3 is 5.32 Å². The normalized spacial score (nSPS) is 14.4. The second-order valence-corrected chi connectivity index (χ2v) is 9.83. The van der Waals surface area contributed by atoms with E-state index < -0.39 is 10.8 Å². The number of nitrogens with zero attached hydrogens (tertiary/aromatic N) is 5. The average Bonchev–Trinajstić information content (AvgIpc) is 3.19. The summed E-state index contributed by atoms with van der Waals surface area (Å²) in [7, 11) is 0. The van der Waals surface area contributed by atoms with E-state index in [9.17, 15) is 14.9 Å². The minimum atomic E-state index is -0.953. The van der Waals surface area contributed by atoms with Crippen molar-refractivity contribution in [3.05, 3.63) is 34.6 Å². The zero-order valence-corrected chi connectivity index (χ0v) is 20.1. The fourth-order valence-electron chi connectivity index (χ4n) is 3.40. The molecule has 2 heterocycles. The number of rotatable bonds is 9. The van der Waals surface area contributed by atoms with Crippen molar-refractivity contribution in [1.29, 1.82) is 5.26 Å². The van der Waals surface area contributed by atoms with Crippen molar-refractivity contribution in [2.24, 2.45) is 5.92 Å². The van der Waals surface area contributed by atoms with E-state index in [1.807, 2.05) is 36.4 Å². The maximum atomic E-state index is 13.1. The van der Waals surface area contributed by atoms with Gasteiger partial charge in [0.2, 0.25) is 11.7 Å². The molecule has 1 aromatic carbocycles. The third-order valence-corrected chi connectivity index (χ3v) is 6.93. The Morgan fingerprint density at radius 3 is 2.62 bits per heavy atom. The summed E-state index contributed by atoms with van der Waals surface area (Å²) in [6.45, 7) is 9.98. The van der Waals surface area contributed by atoms with Crippen molar-refractivity contribution in [1.82, 2.24) is 24.5 Å². The van der Waals surface area contributed by atoms with E-state index in [0.717, 1.165) is 19.3 Å². The Labute approximate surface area is 192 Å². The van der Waals surface area contributed by atoms with E-state index in [-0.39, 0.29) is 17.4 Å². The van der Waals surface area contributed by atoms with Gasteiger partial charge in [-0.05, 0) is 38.3 Å². The van der Waals surface area contributed by atoms with Crippen molar-refractivity contribution in [3.63, 3.8) is 0 Å². The van der Waals surface area contributed by atoms with Crippen LogP contribution in [0, 0.1) is 17.2 Å². The smallest absolute Gasteiger partial charge is 0.262 e. The van der Waals surface area contributed by atoms with Gasteiger partial charge in [0.1, 0.15) is 5.54 Å². The van der Waals surface area contributed by atoms with Gasteiger partial charge in [-0.15, -0.1) is 10.2 Å². The summed E-state index contributed by atoms with van der Waals surface area (Å²) in [5, 5.41) is 21.6. The Balaban J connectivity index is 2.00. The minimum absolute atomic E-state index is 0.0379. The molecule has 0 saturated carbocycles. The molecule has 0 aliphatic carbocycles. The highest BCUT2D eigenvalue weighted by Crippen LogP contribution is 2.26. The third-order valence-electron chi connectivity index (χ3n) is 5.88. The van der Waals surface area contributed by atoms with Crippen molar-refractivity contribution < 1.29 is 4.79 Å². The number of fused-ring (bicyclic) bond motifs is 3. The number of para-hydroxylation sites is 1. The summed E-state index contributed by atoms with van der Waals surface area (Å²) in [5.74, 6) is 0.193. The van der Waals surface area contributed by atoms with Crippen LogP contribution in [0.25, 0.3) is 16.7 Å². The van der Waals surface area contributed by atoms with Crippen LogP contribution in [0.2, 0.25) is 0 Å². The van der Waals surface area contributed by atoms with Crippen LogP contribution in [0.3, 0.4) is 0 Å². The SMILES string of the molecule is CCCCCn1c(=O)c2ccccc2n2c(SC(C)C(=O)NC(C)(C#N)C(C)C)nnc12. The van der Waals surface area contributed by atoms with Crippen LogP contribution in [0.15, 0.2) is 34.2 Å². The first-order valence-electron chi connectivity index (χ1n) is 11.0. The average molecular weight is 455 g/mol. The monoisotopic (exact) mass is 454 g/mol. The van der Waals surface area contributed by atoms with Gasteiger partial charge in [-0.1, -0.05) is 57.5 Å². The standard InChI is InChI=1S/C23H30N6O2S/c1-6-7-10-13-28-20(31)17-11-8-9-12-18(17)29-21(28)26-27-22(29)32-16(4)19(30)25-23(5,14-24)15(2)3/h8-9,11-12,15-16H,6-7,10,13H2,1-5H3,(H,25,30). The number of carbonyl (C=O) groups excluding carboxylic acids is 1. The molecule has 9 heteroatoms. The highest BCUT2D eigenvalue weighted by molar-refractivity contribution is 8.00. The molecule has 0 aliphatic heterocycles. The first kappa shape index (κ1) is 23.8. The number of hydrogen-bond acceptors (Lipinski definition) is 6. The van der Waals surface area contributed by atoms with Gasteiger partial charge in [0.05, 0.1) is 22.2 Å². The van der Waals surface area contributed by atoms with Crippen LogP contribution < -0.4 is 10.9 Å². The predicted octanol–water partition coefficient (Wildman–Crippen LogP) is 3.77. The van der Waals surface area contributed by atoms with Crippen LogP contribution in [-0.4, -0.2) is 35.9 Å². The molecule has 2 atom stereocenters. The number of thioether (sulfide) groups is 1. The molecule has 0 radical (unpaired) electrons. The number of aromatic nitrogens is 4. The van der Waals surface area contributed by atoms with Crippen molar-refractivity contribution in [2.75, 3.05) is 0 Å². The van der Waals surface area contributed by atoms with E-state index in [1.54, 1.807) is 24.5 Å². The Bertz CT molecular complexity index is 1220. The second kappa shape index (κ2) is 9.74. The largest absolute Gasteiger partial charge is 0.337 e. The maximum Gasteiger partial charge on any atom is 0.262 e. The fourth-order valence-corrected chi connectivity index (χ4v) is 4.26. The molecule has 0 saturated heterocycles. The first-order valence-corrected chi connectivity index (χ1v) is 11.9.